The summed E-state index contributed by atoms with van der Waals surface area (Å²) in [7, 11) is 0. The van der Waals surface area contributed by atoms with Gasteiger partial charge in [0.15, 0.2) is 5.16 Å². The third-order valence-electron chi connectivity index (χ3n) is 5.62. The second kappa shape index (κ2) is 9.26. The highest BCUT2D eigenvalue weighted by Crippen LogP contribution is 2.26. The fourth-order valence-corrected chi connectivity index (χ4v) is 5.02. The number of nitrogens with one attached hydrogen (secondary N) is 2. The Hall–Kier alpha value is -4.12. The van der Waals surface area contributed by atoms with E-state index in [-0.39, 0.29) is 17.9 Å². The third-order valence-corrected chi connectivity index (χ3v) is 6.58. The fraction of sp³-hybridized carbons (Fsp3) is 0.208. The highest BCUT2D eigenvalue weighted by atomic mass is 32.2. The minimum absolute atomic E-state index is 0.199. The van der Waals surface area contributed by atoms with Crippen molar-refractivity contribution < 1.29 is 14.3 Å². The number of para-hydroxylation sites is 2. The van der Waals surface area contributed by atoms with E-state index in [2.05, 4.69) is 20.8 Å². The lowest BCUT2D eigenvalue weighted by Gasteiger charge is -2.26. The van der Waals surface area contributed by atoms with Crippen LogP contribution in [0.25, 0.3) is 22.4 Å². The number of ether oxygens (including phenoxy) is 1. The van der Waals surface area contributed by atoms with Crippen molar-refractivity contribution in [1.29, 1.82) is 0 Å². The Bertz CT molecular complexity index is 1540. The number of urea groups is 1. The summed E-state index contributed by atoms with van der Waals surface area (Å²) in [5, 5.41) is 15.1. The Morgan fingerprint density at radius 3 is 2.60 bits per heavy atom. The first-order valence-corrected chi connectivity index (χ1v) is 12.0. The molecule has 0 radical (unpaired) electrons. The second-order valence-electron chi connectivity index (χ2n) is 7.83. The highest BCUT2D eigenvalue weighted by molar-refractivity contribution is 7.99. The predicted octanol–water partition coefficient (Wildman–Crippen LogP) is 2.64. The van der Waals surface area contributed by atoms with Gasteiger partial charge >= 0.3 is 12.0 Å². The molecule has 1 aliphatic heterocycles. The Balaban J connectivity index is 1.63. The summed E-state index contributed by atoms with van der Waals surface area (Å²) in [5.41, 5.74) is 1.94. The molecule has 11 heteroatoms. The number of aromatic nitrogens is 4. The zero-order chi connectivity index (χ0) is 24.5. The molecule has 4 aromatic rings. The largest absolute Gasteiger partial charge is 0.463 e. The monoisotopic (exact) mass is 490 g/mol. The summed E-state index contributed by atoms with van der Waals surface area (Å²) in [6, 6.07) is 15.6. The summed E-state index contributed by atoms with van der Waals surface area (Å²) < 4.78 is 8.53. The maximum Gasteiger partial charge on any atom is 0.337 e. The molecule has 2 aromatic heterocycles. The van der Waals surface area contributed by atoms with Crippen LogP contribution < -0.4 is 16.2 Å². The molecule has 0 aliphatic carbocycles. The smallest absolute Gasteiger partial charge is 0.337 e. The van der Waals surface area contributed by atoms with Gasteiger partial charge in [-0.2, -0.15) is 0 Å². The summed E-state index contributed by atoms with van der Waals surface area (Å²) in [4.78, 5) is 38.0. The van der Waals surface area contributed by atoms with E-state index < -0.39 is 18.0 Å². The second-order valence-corrected chi connectivity index (χ2v) is 8.78. The number of carbonyl (C=O) groups is 2. The molecule has 0 saturated heterocycles. The van der Waals surface area contributed by atoms with Crippen molar-refractivity contribution in [3.05, 3.63) is 76.2 Å². The molecule has 1 atom stereocenters. The Labute approximate surface area is 204 Å². The molecule has 0 spiro atoms. The molecule has 0 fully saturated rings. The Morgan fingerprint density at radius 2 is 1.83 bits per heavy atom. The van der Waals surface area contributed by atoms with Gasteiger partial charge in [0.05, 0.1) is 34.8 Å². The molecule has 178 valence electrons. The molecule has 0 bridgehead atoms. The van der Waals surface area contributed by atoms with Crippen LogP contribution in [0.5, 0.6) is 0 Å². The van der Waals surface area contributed by atoms with Gasteiger partial charge in [-0.25, -0.2) is 14.2 Å². The zero-order valence-electron chi connectivity index (χ0n) is 19.0. The molecule has 3 heterocycles. The number of thioether (sulfide) groups is 1. The molecular weight excluding hydrogens is 468 g/mol. The first-order chi connectivity index (χ1) is 17.0. The van der Waals surface area contributed by atoms with Crippen LogP contribution in [-0.2, 0) is 9.53 Å². The van der Waals surface area contributed by atoms with Crippen LogP contribution in [0.2, 0.25) is 0 Å². The van der Waals surface area contributed by atoms with Gasteiger partial charge < -0.3 is 15.4 Å². The maximum atomic E-state index is 13.4. The van der Waals surface area contributed by atoms with E-state index in [1.165, 1.54) is 16.3 Å². The van der Waals surface area contributed by atoms with Gasteiger partial charge in [-0.15, -0.1) is 10.2 Å². The van der Waals surface area contributed by atoms with Crippen molar-refractivity contribution in [3.8, 4) is 5.69 Å². The van der Waals surface area contributed by atoms with E-state index >= 15 is 0 Å². The quantitative estimate of drug-likeness (QED) is 0.315. The van der Waals surface area contributed by atoms with E-state index in [1.807, 2.05) is 52.9 Å². The van der Waals surface area contributed by atoms with Crippen molar-refractivity contribution in [1.82, 2.24) is 29.8 Å². The van der Waals surface area contributed by atoms with Crippen molar-refractivity contribution in [2.75, 3.05) is 12.4 Å². The molecule has 2 amide bonds. The van der Waals surface area contributed by atoms with Crippen LogP contribution in [0.4, 0.5) is 4.79 Å². The van der Waals surface area contributed by atoms with E-state index in [0.717, 1.165) is 0 Å². The average molecular weight is 491 g/mol. The SMILES string of the molecule is CCOC(=O)C1=C(CSc2nnc3n(-c4ccccc4)c(=O)c4ccccc4n23)NC(=O)NC1C. The minimum Gasteiger partial charge on any atom is -0.463 e. The lowest BCUT2D eigenvalue weighted by Crippen LogP contribution is -2.49. The van der Waals surface area contributed by atoms with Crippen LogP contribution in [0.15, 0.2) is 75.8 Å². The third kappa shape index (κ3) is 4.03. The Morgan fingerprint density at radius 1 is 1.09 bits per heavy atom. The zero-order valence-corrected chi connectivity index (χ0v) is 19.8. The summed E-state index contributed by atoms with van der Waals surface area (Å²) >= 11 is 1.30. The molecule has 35 heavy (non-hydrogen) atoms. The number of fused-ring (bicyclic) bond motifs is 3. The van der Waals surface area contributed by atoms with E-state index in [1.54, 1.807) is 19.9 Å². The van der Waals surface area contributed by atoms with Gasteiger partial charge in [-0.3, -0.25) is 9.20 Å². The molecule has 1 aliphatic rings. The minimum atomic E-state index is -0.502. The van der Waals surface area contributed by atoms with Crippen molar-refractivity contribution >= 4 is 40.4 Å². The van der Waals surface area contributed by atoms with Crippen LogP contribution in [0, 0.1) is 0 Å². The number of carbonyl (C=O) groups excluding carboxylic acids is 2. The fourth-order valence-electron chi connectivity index (χ4n) is 4.11. The molecule has 0 saturated carbocycles. The van der Waals surface area contributed by atoms with Crippen LogP contribution in [0.3, 0.4) is 0 Å². The van der Waals surface area contributed by atoms with E-state index in [0.29, 0.717) is 38.8 Å². The van der Waals surface area contributed by atoms with Crippen molar-refractivity contribution in [2.24, 2.45) is 0 Å². The van der Waals surface area contributed by atoms with Crippen LogP contribution in [0.1, 0.15) is 13.8 Å². The van der Waals surface area contributed by atoms with E-state index in [9.17, 15) is 14.4 Å². The van der Waals surface area contributed by atoms with E-state index in [4.69, 9.17) is 4.74 Å². The van der Waals surface area contributed by atoms with Gasteiger partial charge in [0, 0.05) is 11.4 Å². The topological polar surface area (TPSA) is 120 Å². The lowest BCUT2D eigenvalue weighted by molar-refractivity contribution is -0.138. The number of amides is 2. The number of benzene rings is 2. The molecule has 5 rings (SSSR count). The first kappa shape index (κ1) is 22.7. The van der Waals surface area contributed by atoms with Crippen molar-refractivity contribution in [3.63, 3.8) is 0 Å². The van der Waals surface area contributed by atoms with Gasteiger partial charge in [0.1, 0.15) is 0 Å². The average Bonchev–Trinajstić information content (AvgIpc) is 3.27. The number of hydrogen-bond donors (Lipinski definition) is 2. The molecule has 1 unspecified atom stereocenters. The maximum absolute atomic E-state index is 13.4. The summed E-state index contributed by atoms with van der Waals surface area (Å²) in [6.45, 7) is 3.68. The molecule has 10 nitrogen and oxygen atoms in total. The van der Waals surface area contributed by atoms with Crippen LogP contribution in [-0.4, -0.2) is 49.6 Å². The first-order valence-electron chi connectivity index (χ1n) is 11.0. The number of esters is 1. The molecule has 2 aromatic carbocycles. The van der Waals surface area contributed by atoms with Gasteiger partial charge in [-0.1, -0.05) is 42.1 Å². The highest BCUT2D eigenvalue weighted by Gasteiger charge is 2.30. The predicted molar refractivity (Wildman–Crippen MR) is 132 cm³/mol. The Kier molecular flexibility index (Phi) is 6.00. The van der Waals surface area contributed by atoms with Gasteiger partial charge in [0.25, 0.3) is 5.56 Å². The number of rotatable bonds is 6. The van der Waals surface area contributed by atoms with Gasteiger partial charge in [-0.05, 0) is 38.1 Å². The lowest BCUT2D eigenvalue weighted by atomic mass is 10.1. The summed E-state index contributed by atoms with van der Waals surface area (Å²) in [6.07, 6.45) is 0. The summed E-state index contributed by atoms with van der Waals surface area (Å²) in [5.74, 6) is 0.119. The molecule has 2 N–H and O–H groups in total. The normalized spacial score (nSPS) is 15.8. The van der Waals surface area contributed by atoms with Crippen LogP contribution >= 0.6 is 11.8 Å². The molecular formula is C24H22N6O4S. The number of hydrogen-bond acceptors (Lipinski definition) is 7. The number of nitrogens with zero attached hydrogens (tertiary/aromatic N) is 4. The standard InChI is InChI=1S/C24H22N6O4S/c1-3-34-21(32)19-14(2)25-22(33)26-17(19)13-35-24-28-27-23-29(15-9-5-4-6-10-15)20(31)16-11-7-8-12-18(16)30(23)24/h4-12,14H,3,13H2,1-2H3,(H2,25,26,33). The van der Waals surface area contributed by atoms with Gasteiger partial charge in [0.2, 0.25) is 5.78 Å². The van der Waals surface area contributed by atoms with Crippen molar-refractivity contribution in [2.45, 2.75) is 25.0 Å².